The van der Waals surface area contributed by atoms with Crippen LogP contribution < -0.4 is 4.72 Å². The third-order valence-corrected chi connectivity index (χ3v) is 5.57. The lowest BCUT2D eigenvalue weighted by molar-refractivity contribution is 0.0600. The molecule has 0 aliphatic carbocycles. The number of carbonyl (C=O) groups is 1. The first-order valence-electron chi connectivity index (χ1n) is 7.89. The molecule has 6 nitrogen and oxygen atoms in total. The van der Waals surface area contributed by atoms with Crippen molar-refractivity contribution in [1.82, 2.24) is 9.62 Å². The van der Waals surface area contributed by atoms with Gasteiger partial charge in [0.1, 0.15) is 0 Å². The molecule has 2 rings (SSSR count). The summed E-state index contributed by atoms with van der Waals surface area (Å²) in [7, 11) is -2.27. The molecule has 0 saturated carbocycles. The molecule has 1 aliphatic heterocycles. The summed E-state index contributed by atoms with van der Waals surface area (Å²) in [4.78, 5) is 13.9. The molecule has 1 N–H and O–H groups in total. The number of nitrogens with one attached hydrogen (secondary N) is 1. The zero-order valence-corrected chi connectivity index (χ0v) is 15.7. The third kappa shape index (κ3) is 5.44. The summed E-state index contributed by atoms with van der Waals surface area (Å²) < 4.78 is 32.2. The third-order valence-electron chi connectivity index (χ3n) is 4.03. The molecule has 24 heavy (non-hydrogen) atoms. The van der Waals surface area contributed by atoms with Crippen molar-refractivity contribution < 1.29 is 17.9 Å². The number of halogens is 1. The van der Waals surface area contributed by atoms with E-state index in [2.05, 4.69) is 21.3 Å². The smallest absolute Gasteiger partial charge is 0.337 e. The van der Waals surface area contributed by atoms with E-state index in [4.69, 9.17) is 0 Å². The Bertz CT molecular complexity index is 626. The Morgan fingerprint density at radius 2 is 1.83 bits per heavy atom. The molecule has 1 heterocycles. The van der Waals surface area contributed by atoms with E-state index in [0.717, 1.165) is 38.9 Å². The van der Waals surface area contributed by atoms with Crippen LogP contribution in [0.3, 0.4) is 0 Å². The van der Waals surface area contributed by atoms with Gasteiger partial charge in [0.05, 0.1) is 17.6 Å². The number of methoxy groups -OCH3 is 1. The molecule has 1 saturated heterocycles. The summed E-state index contributed by atoms with van der Waals surface area (Å²) in [5.74, 6) is -0.481. The average molecular weight is 377 g/mol. The van der Waals surface area contributed by atoms with Crippen molar-refractivity contribution in [2.45, 2.75) is 37.1 Å². The van der Waals surface area contributed by atoms with E-state index in [1.807, 2.05) is 0 Å². The molecule has 0 amide bonds. The first kappa shape index (κ1) is 20.9. The van der Waals surface area contributed by atoms with E-state index in [9.17, 15) is 13.2 Å². The van der Waals surface area contributed by atoms with Crippen molar-refractivity contribution in [2.75, 3.05) is 26.7 Å². The summed E-state index contributed by atoms with van der Waals surface area (Å²) in [6.07, 6.45) is 2.75. The van der Waals surface area contributed by atoms with Crippen LogP contribution >= 0.6 is 12.4 Å². The van der Waals surface area contributed by atoms with Gasteiger partial charge in [0, 0.05) is 6.04 Å². The fraction of sp³-hybridized carbons (Fsp3) is 0.562. The topological polar surface area (TPSA) is 75.7 Å². The highest BCUT2D eigenvalue weighted by molar-refractivity contribution is 7.89. The van der Waals surface area contributed by atoms with Gasteiger partial charge in [-0.25, -0.2) is 17.9 Å². The minimum atomic E-state index is -3.56. The fourth-order valence-electron chi connectivity index (χ4n) is 2.77. The van der Waals surface area contributed by atoms with Crippen molar-refractivity contribution in [3.05, 3.63) is 29.8 Å². The van der Waals surface area contributed by atoms with Crippen LogP contribution in [0.15, 0.2) is 29.2 Å². The van der Waals surface area contributed by atoms with Crippen LogP contribution in [0.25, 0.3) is 0 Å². The molecule has 136 valence electrons. The SMILES string of the molecule is CCCN1CCC(NS(=O)(=O)c2ccc(C(=O)OC)cc2)CC1.Cl. The second-order valence-corrected chi connectivity index (χ2v) is 7.47. The maximum Gasteiger partial charge on any atom is 0.337 e. The van der Waals surface area contributed by atoms with Gasteiger partial charge < -0.3 is 9.64 Å². The number of piperidine rings is 1. The average Bonchev–Trinajstić information content (AvgIpc) is 2.56. The highest BCUT2D eigenvalue weighted by atomic mass is 35.5. The Morgan fingerprint density at radius 1 is 1.25 bits per heavy atom. The lowest BCUT2D eigenvalue weighted by Gasteiger charge is -2.31. The van der Waals surface area contributed by atoms with E-state index < -0.39 is 16.0 Å². The number of rotatable bonds is 6. The molecule has 1 aromatic carbocycles. The van der Waals surface area contributed by atoms with Crippen LogP contribution in [0.2, 0.25) is 0 Å². The fourth-order valence-corrected chi connectivity index (χ4v) is 4.07. The van der Waals surface area contributed by atoms with Crippen LogP contribution in [0.5, 0.6) is 0 Å². The molecule has 8 heteroatoms. The molecule has 0 aromatic heterocycles. The predicted octanol–water partition coefficient (Wildman–Crippen LogP) is 2.05. The number of nitrogens with zero attached hydrogens (tertiary/aromatic N) is 1. The van der Waals surface area contributed by atoms with Gasteiger partial charge in [-0.15, -0.1) is 12.4 Å². The zero-order chi connectivity index (χ0) is 16.9. The van der Waals surface area contributed by atoms with E-state index in [0.29, 0.717) is 5.56 Å². The molecular formula is C16H25ClN2O4S. The van der Waals surface area contributed by atoms with Gasteiger partial charge >= 0.3 is 5.97 Å². The molecular weight excluding hydrogens is 352 g/mol. The number of ether oxygens (including phenoxy) is 1. The molecule has 0 radical (unpaired) electrons. The first-order valence-corrected chi connectivity index (χ1v) is 9.37. The van der Waals surface area contributed by atoms with Gasteiger partial charge in [-0.2, -0.15) is 0 Å². The van der Waals surface area contributed by atoms with Crippen molar-refractivity contribution >= 4 is 28.4 Å². The monoisotopic (exact) mass is 376 g/mol. The summed E-state index contributed by atoms with van der Waals surface area (Å²) >= 11 is 0. The first-order chi connectivity index (χ1) is 11.0. The van der Waals surface area contributed by atoms with E-state index in [1.165, 1.54) is 31.4 Å². The molecule has 1 aliphatic rings. The highest BCUT2D eigenvalue weighted by Gasteiger charge is 2.24. The van der Waals surface area contributed by atoms with Crippen molar-refractivity contribution in [3.63, 3.8) is 0 Å². The van der Waals surface area contributed by atoms with Gasteiger partial charge in [0.15, 0.2) is 0 Å². The summed E-state index contributed by atoms with van der Waals surface area (Å²) in [5.41, 5.74) is 0.333. The second-order valence-electron chi connectivity index (χ2n) is 5.75. The lowest BCUT2D eigenvalue weighted by Crippen LogP contribution is -2.44. The summed E-state index contributed by atoms with van der Waals surface area (Å²) in [6.45, 7) is 5.05. The van der Waals surface area contributed by atoms with Crippen LogP contribution in [0.1, 0.15) is 36.5 Å². The molecule has 0 bridgehead atoms. The maximum absolute atomic E-state index is 12.4. The summed E-state index contributed by atoms with van der Waals surface area (Å²) in [6, 6.07) is 5.75. The van der Waals surface area contributed by atoms with Crippen molar-refractivity contribution in [1.29, 1.82) is 0 Å². The maximum atomic E-state index is 12.4. The quantitative estimate of drug-likeness (QED) is 0.769. The van der Waals surface area contributed by atoms with E-state index in [-0.39, 0.29) is 23.3 Å². The minimum absolute atomic E-state index is 0. The molecule has 1 fully saturated rings. The Morgan fingerprint density at radius 3 is 2.33 bits per heavy atom. The van der Waals surface area contributed by atoms with Crippen LogP contribution in [0, 0.1) is 0 Å². The molecule has 0 spiro atoms. The lowest BCUT2D eigenvalue weighted by atomic mass is 10.1. The second kappa shape index (κ2) is 9.36. The normalized spacial score (nSPS) is 16.4. The number of benzene rings is 1. The van der Waals surface area contributed by atoms with Crippen LogP contribution in [-0.2, 0) is 14.8 Å². The Labute approximate surface area is 150 Å². The van der Waals surface area contributed by atoms with E-state index in [1.54, 1.807) is 0 Å². The number of sulfonamides is 1. The molecule has 0 atom stereocenters. The van der Waals surface area contributed by atoms with Gasteiger partial charge in [-0.3, -0.25) is 0 Å². The van der Waals surface area contributed by atoms with Crippen molar-refractivity contribution in [3.8, 4) is 0 Å². The number of carbonyl (C=O) groups excluding carboxylic acids is 1. The zero-order valence-electron chi connectivity index (χ0n) is 14.0. The van der Waals surface area contributed by atoms with Crippen LogP contribution in [-0.4, -0.2) is 52.1 Å². The largest absolute Gasteiger partial charge is 0.465 e. The number of hydrogen-bond donors (Lipinski definition) is 1. The van der Waals surface area contributed by atoms with E-state index >= 15 is 0 Å². The number of esters is 1. The van der Waals surface area contributed by atoms with Crippen LogP contribution in [0.4, 0.5) is 0 Å². The van der Waals surface area contributed by atoms with Gasteiger partial charge in [-0.1, -0.05) is 6.92 Å². The van der Waals surface area contributed by atoms with Gasteiger partial charge in [-0.05, 0) is 63.2 Å². The summed E-state index contributed by atoms with van der Waals surface area (Å²) in [5, 5.41) is 0. The van der Waals surface area contributed by atoms with Gasteiger partial charge in [0.2, 0.25) is 10.0 Å². The Kier molecular flexibility index (Phi) is 8.15. The number of likely N-dealkylation sites (tertiary alicyclic amines) is 1. The molecule has 1 aromatic rings. The number of hydrogen-bond acceptors (Lipinski definition) is 5. The predicted molar refractivity (Wildman–Crippen MR) is 95.1 cm³/mol. The Hall–Kier alpha value is -1.15. The standard InChI is InChI=1S/C16H24N2O4S.ClH/c1-3-10-18-11-8-14(9-12-18)17-23(20,21)15-6-4-13(5-7-15)16(19)22-2;/h4-7,14,17H,3,8-12H2,1-2H3;1H. The Balaban J connectivity index is 0.00000288. The highest BCUT2D eigenvalue weighted by Crippen LogP contribution is 2.16. The van der Waals surface area contributed by atoms with Gasteiger partial charge in [0.25, 0.3) is 0 Å². The minimum Gasteiger partial charge on any atom is -0.465 e. The molecule has 0 unspecified atom stereocenters. The van der Waals surface area contributed by atoms with Crippen molar-refractivity contribution in [2.24, 2.45) is 0 Å².